The first-order valence-corrected chi connectivity index (χ1v) is 10.4. The number of nitrogens with zero attached hydrogens (tertiary/aromatic N) is 2. The lowest BCUT2D eigenvalue weighted by Crippen LogP contribution is -2.36. The zero-order chi connectivity index (χ0) is 22.9. The molecular weight excluding hydrogens is 412 g/mol. The van der Waals surface area contributed by atoms with E-state index in [1.54, 1.807) is 36.9 Å². The molecule has 0 saturated heterocycles. The summed E-state index contributed by atoms with van der Waals surface area (Å²) in [5, 5.41) is 10.6. The van der Waals surface area contributed by atoms with Crippen LogP contribution < -0.4 is 10.2 Å². The molecule has 3 aromatic rings. The number of aromatic amines is 1. The Balaban J connectivity index is 1.82. The largest absolute Gasteiger partial charge is 0.465 e. The number of fused-ring (bicyclic) bond motifs is 1. The third-order valence-electron chi connectivity index (χ3n) is 4.63. The second-order valence-electron chi connectivity index (χ2n) is 6.98. The van der Waals surface area contributed by atoms with E-state index in [2.05, 4.69) is 15.5 Å². The Hall–Kier alpha value is -3.88. The molecule has 0 atom stereocenters. The summed E-state index contributed by atoms with van der Waals surface area (Å²) in [6.07, 6.45) is 0.215. The van der Waals surface area contributed by atoms with Crippen LogP contribution in [0.1, 0.15) is 19.4 Å². The van der Waals surface area contributed by atoms with Crippen molar-refractivity contribution in [3.05, 3.63) is 54.1 Å². The molecule has 1 heterocycles. The third kappa shape index (κ3) is 6.07. The Morgan fingerprint density at radius 2 is 1.62 bits per heavy atom. The highest BCUT2D eigenvalue weighted by Gasteiger charge is 2.19. The Kier molecular flexibility index (Phi) is 7.80. The number of carbonyl (C=O) groups excluding carboxylic acids is 3. The molecule has 32 heavy (non-hydrogen) atoms. The summed E-state index contributed by atoms with van der Waals surface area (Å²) in [5.41, 5.74) is 2.19. The van der Waals surface area contributed by atoms with Gasteiger partial charge in [-0.15, -0.1) is 0 Å². The van der Waals surface area contributed by atoms with Crippen molar-refractivity contribution >= 4 is 40.3 Å². The van der Waals surface area contributed by atoms with Crippen molar-refractivity contribution in [2.24, 2.45) is 0 Å². The Labute approximate surface area is 185 Å². The number of esters is 2. The van der Waals surface area contributed by atoms with Crippen molar-refractivity contribution in [2.75, 3.05) is 36.5 Å². The van der Waals surface area contributed by atoms with E-state index >= 15 is 0 Å². The maximum atomic E-state index is 12.5. The molecule has 9 heteroatoms. The van der Waals surface area contributed by atoms with Gasteiger partial charge < -0.3 is 19.7 Å². The molecular formula is C23H26N4O5. The minimum absolute atomic E-state index is 0.119. The van der Waals surface area contributed by atoms with Gasteiger partial charge in [-0.1, -0.05) is 30.3 Å². The Morgan fingerprint density at radius 1 is 0.969 bits per heavy atom. The molecule has 168 valence electrons. The molecule has 0 fully saturated rings. The number of rotatable bonds is 10. The molecule has 9 nitrogen and oxygen atoms in total. The summed E-state index contributed by atoms with van der Waals surface area (Å²) in [4.78, 5) is 38.2. The van der Waals surface area contributed by atoms with Gasteiger partial charge in [0.1, 0.15) is 13.1 Å². The predicted molar refractivity (Wildman–Crippen MR) is 120 cm³/mol. The van der Waals surface area contributed by atoms with Crippen molar-refractivity contribution in [2.45, 2.75) is 20.3 Å². The van der Waals surface area contributed by atoms with E-state index in [-0.39, 0.29) is 38.6 Å². The van der Waals surface area contributed by atoms with Gasteiger partial charge >= 0.3 is 11.9 Å². The summed E-state index contributed by atoms with van der Waals surface area (Å²) in [6.45, 7) is 3.68. The normalized spacial score (nSPS) is 10.6. The molecule has 2 N–H and O–H groups in total. The molecule has 1 aromatic heterocycles. The van der Waals surface area contributed by atoms with Crippen molar-refractivity contribution in [1.29, 1.82) is 0 Å². The minimum Gasteiger partial charge on any atom is -0.465 e. The molecule has 0 aliphatic carbocycles. The first-order valence-electron chi connectivity index (χ1n) is 10.4. The molecule has 0 bridgehead atoms. The second-order valence-corrected chi connectivity index (χ2v) is 6.98. The molecule has 0 radical (unpaired) electrons. The van der Waals surface area contributed by atoms with Crippen molar-refractivity contribution in [1.82, 2.24) is 10.2 Å². The average molecular weight is 438 g/mol. The van der Waals surface area contributed by atoms with Crippen molar-refractivity contribution in [3.8, 4) is 0 Å². The van der Waals surface area contributed by atoms with Crippen molar-refractivity contribution < 1.29 is 23.9 Å². The highest BCUT2D eigenvalue weighted by molar-refractivity contribution is 6.01. The third-order valence-corrected chi connectivity index (χ3v) is 4.63. The zero-order valence-corrected chi connectivity index (χ0v) is 18.1. The van der Waals surface area contributed by atoms with E-state index < -0.39 is 11.9 Å². The fourth-order valence-corrected chi connectivity index (χ4v) is 3.21. The lowest BCUT2D eigenvalue weighted by atomic mass is 10.1. The zero-order valence-electron chi connectivity index (χ0n) is 18.1. The number of hydrogen-bond donors (Lipinski definition) is 2. The van der Waals surface area contributed by atoms with Crippen LogP contribution in [0, 0.1) is 0 Å². The van der Waals surface area contributed by atoms with Crippen LogP contribution in [-0.2, 0) is 30.3 Å². The highest BCUT2D eigenvalue weighted by Crippen LogP contribution is 2.26. The van der Waals surface area contributed by atoms with E-state index in [9.17, 15) is 14.4 Å². The van der Waals surface area contributed by atoms with Crippen LogP contribution in [0.25, 0.3) is 10.9 Å². The van der Waals surface area contributed by atoms with Crippen LogP contribution in [0.2, 0.25) is 0 Å². The van der Waals surface area contributed by atoms with E-state index in [1.807, 2.05) is 30.3 Å². The first-order chi connectivity index (χ1) is 15.5. The van der Waals surface area contributed by atoms with Crippen LogP contribution in [-0.4, -0.2) is 54.3 Å². The topological polar surface area (TPSA) is 114 Å². The van der Waals surface area contributed by atoms with E-state index in [0.29, 0.717) is 22.4 Å². The standard InChI is InChI=1S/C23H26N4O5/c1-3-31-21(29)14-27(15-22(30)32-4-2)17-10-11-19-18(13-17)23(26-25-19)24-20(28)12-16-8-6-5-7-9-16/h5-11,13H,3-4,12,14-15H2,1-2H3,(H2,24,25,26,28). The van der Waals surface area contributed by atoms with Crippen LogP contribution in [0.15, 0.2) is 48.5 Å². The fraction of sp³-hybridized carbons (Fsp3) is 0.304. The predicted octanol–water partition coefficient (Wildman–Crippen LogP) is 2.68. The van der Waals surface area contributed by atoms with Crippen LogP contribution >= 0.6 is 0 Å². The fourth-order valence-electron chi connectivity index (χ4n) is 3.21. The van der Waals surface area contributed by atoms with Gasteiger partial charge in [-0.3, -0.25) is 19.5 Å². The maximum absolute atomic E-state index is 12.5. The number of carbonyl (C=O) groups is 3. The molecule has 0 saturated carbocycles. The van der Waals surface area contributed by atoms with Crippen LogP contribution in [0.3, 0.4) is 0 Å². The van der Waals surface area contributed by atoms with Gasteiger partial charge in [0.05, 0.1) is 25.2 Å². The van der Waals surface area contributed by atoms with E-state index in [0.717, 1.165) is 5.56 Å². The van der Waals surface area contributed by atoms with Gasteiger partial charge in [0.2, 0.25) is 5.91 Å². The molecule has 0 unspecified atom stereocenters. The highest BCUT2D eigenvalue weighted by atomic mass is 16.5. The van der Waals surface area contributed by atoms with Gasteiger partial charge in [-0.05, 0) is 37.6 Å². The Bertz CT molecular complexity index is 1060. The minimum atomic E-state index is -0.458. The molecule has 3 rings (SSSR count). The van der Waals surface area contributed by atoms with Gasteiger partial charge in [0, 0.05) is 11.1 Å². The lowest BCUT2D eigenvalue weighted by Gasteiger charge is -2.23. The maximum Gasteiger partial charge on any atom is 0.325 e. The van der Waals surface area contributed by atoms with Gasteiger partial charge in [0.25, 0.3) is 0 Å². The van der Waals surface area contributed by atoms with Crippen LogP contribution in [0.4, 0.5) is 11.5 Å². The monoisotopic (exact) mass is 438 g/mol. The molecule has 0 aliphatic rings. The van der Waals surface area contributed by atoms with Crippen LogP contribution in [0.5, 0.6) is 0 Å². The summed E-state index contributed by atoms with van der Waals surface area (Å²) in [7, 11) is 0. The Morgan fingerprint density at radius 3 is 2.25 bits per heavy atom. The van der Waals surface area contributed by atoms with Gasteiger partial charge in [0.15, 0.2) is 5.82 Å². The van der Waals surface area contributed by atoms with Gasteiger partial charge in [-0.25, -0.2) is 0 Å². The smallest absolute Gasteiger partial charge is 0.325 e. The molecule has 1 amide bonds. The summed E-state index contributed by atoms with van der Waals surface area (Å²) < 4.78 is 10.1. The number of nitrogens with one attached hydrogen (secondary N) is 2. The van der Waals surface area contributed by atoms with Crippen molar-refractivity contribution in [3.63, 3.8) is 0 Å². The number of H-pyrrole nitrogens is 1. The molecule has 0 spiro atoms. The molecule has 0 aliphatic heterocycles. The average Bonchev–Trinajstić information content (AvgIpc) is 3.16. The second kappa shape index (κ2) is 10.9. The summed E-state index contributed by atoms with van der Waals surface area (Å²) in [6, 6.07) is 14.7. The quantitative estimate of drug-likeness (QED) is 0.468. The molecule has 2 aromatic carbocycles. The summed E-state index contributed by atoms with van der Waals surface area (Å²) >= 11 is 0. The number of ether oxygens (including phenoxy) is 2. The number of amides is 1. The van der Waals surface area contributed by atoms with E-state index in [1.165, 1.54) is 0 Å². The number of benzene rings is 2. The SMILES string of the molecule is CCOC(=O)CN(CC(=O)OCC)c1ccc2[nH]nc(NC(=O)Cc3ccccc3)c2c1. The lowest BCUT2D eigenvalue weighted by molar-refractivity contribution is -0.142. The van der Waals surface area contributed by atoms with E-state index in [4.69, 9.17) is 9.47 Å². The number of hydrogen-bond acceptors (Lipinski definition) is 7. The first kappa shape index (κ1) is 22.8. The number of anilines is 2. The van der Waals surface area contributed by atoms with Gasteiger partial charge in [-0.2, -0.15) is 5.10 Å². The summed E-state index contributed by atoms with van der Waals surface area (Å²) in [5.74, 6) is -0.749. The number of aromatic nitrogens is 2.